The van der Waals surface area contributed by atoms with Crippen molar-refractivity contribution in [3.05, 3.63) is 108 Å². The summed E-state index contributed by atoms with van der Waals surface area (Å²) in [5.41, 5.74) is 3.87. The summed E-state index contributed by atoms with van der Waals surface area (Å²) in [5, 5.41) is 13.0. The lowest BCUT2D eigenvalue weighted by atomic mass is 10.0. The molecule has 1 saturated heterocycles. The molecule has 0 amide bonds. The SMILES string of the molecule is c1ccc(CCn2nnnc2[C@@H](c2ccccc2)[NH+]2CCN(c3ccccc3)CC2)cc1. The number of piperazine rings is 1. The topological polar surface area (TPSA) is 51.3 Å². The Morgan fingerprint density at radius 2 is 1.41 bits per heavy atom. The Morgan fingerprint density at radius 1 is 0.781 bits per heavy atom. The minimum Gasteiger partial charge on any atom is -0.360 e. The van der Waals surface area contributed by atoms with Gasteiger partial charge in [-0.2, -0.15) is 0 Å². The fourth-order valence-corrected chi connectivity index (χ4v) is 4.65. The molecule has 0 bridgehead atoms. The maximum Gasteiger partial charge on any atom is 0.214 e. The van der Waals surface area contributed by atoms with Gasteiger partial charge >= 0.3 is 0 Å². The van der Waals surface area contributed by atoms with E-state index in [1.54, 1.807) is 0 Å². The molecule has 2 heterocycles. The van der Waals surface area contributed by atoms with E-state index < -0.39 is 0 Å². The Kier molecular flexibility index (Phi) is 6.21. The number of hydrogen-bond donors (Lipinski definition) is 1. The summed E-state index contributed by atoms with van der Waals surface area (Å²) >= 11 is 0. The second-order valence-electron chi connectivity index (χ2n) is 8.32. The van der Waals surface area contributed by atoms with Crippen molar-refractivity contribution < 1.29 is 4.90 Å². The first-order chi connectivity index (χ1) is 15.9. The molecule has 6 nitrogen and oxygen atoms in total. The highest BCUT2D eigenvalue weighted by molar-refractivity contribution is 5.46. The van der Waals surface area contributed by atoms with Crippen molar-refractivity contribution in [2.24, 2.45) is 0 Å². The van der Waals surface area contributed by atoms with Crippen molar-refractivity contribution in [3.8, 4) is 0 Å². The summed E-state index contributed by atoms with van der Waals surface area (Å²) in [6.07, 6.45) is 0.914. The molecular weight excluding hydrogens is 396 g/mol. The summed E-state index contributed by atoms with van der Waals surface area (Å²) in [7, 11) is 0. The average molecular weight is 426 g/mol. The lowest BCUT2D eigenvalue weighted by Gasteiger charge is -2.37. The van der Waals surface area contributed by atoms with Crippen LogP contribution in [-0.4, -0.2) is 46.4 Å². The van der Waals surface area contributed by atoms with E-state index in [1.165, 1.54) is 21.7 Å². The first kappa shape index (κ1) is 20.4. The number of tetrazole rings is 1. The molecule has 1 fully saturated rings. The van der Waals surface area contributed by atoms with Gasteiger partial charge in [-0.15, -0.1) is 5.10 Å². The van der Waals surface area contributed by atoms with Crippen LogP contribution in [0.3, 0.4) is 0 Å². The largest absolute Gasteiger partial charge is 0.360 e. The number of para-hydroxylation sites is 1. The molecule has 32 heavy (non-hydrogen) atoms. The zero-order chi connectivity index (χ0) is 21.6. The number of hydrogen-bond acceptors (Lipinski definition) is 4. The van der Waals surface area contributed by atoms with Gasteiger partial charge in [-0.3, -0.25) is 0 Å². The van der Waals surface area contributed by atoms with E-state index in [0.717, 1.165) is 45.0 Å². The molecule has 1 aromatic heterocycles. The third-order valence-electron chi connectivity index (χ3n) is 6.34. The Bertz CT molecular complexity index is 1090. The molecule has 0 unspecified atom stereocenters. The highest BCUT2D eigenvalue weighted by atomic mass is 15.6. The Morgan fingerprint density at radius 3 is 2.09 bits per heavy atom. The molecule has 1 aliphatic heterocycles. The minimum absolute atomic E-state index is 0.125. The second-order valence-corrected chi connectivity index (χ2v) is 8.32. The summed E-state index contributed by atoms with van der Waals surface area (Å²) < 4.78 is 2.00. The summed E-state index contributed by atoms with van der Waals surface area (Å²) in [5.74, 6) is 0.954. The highest BCUT2D eigenvalue weighted by Gasteiger charge is 2.34. The number of anilines is 1. The van der Waals surface area contributed by atoms with Crippen LogP contribution in [-0.2, 0) is 13.0 Å². The monoisotopic (exact) mass is 425 g/mol. The van der Waals surface area contributed by atoms with Crippen molar-refractivity contribution in [1.82, 2.24) is 20.2 Å². The van der Waals surface area contributed by atoms with Crippen LogP contribution in [0.15, 0.2) is 91.0 Å². The number of aromatic nitrogens is 4. The van der Waals surface area contributed by atoms with E-state index in [1.807, 2.05) is 4.68 Å². The van der Waals surface area contributed by atoms with E-state index in [2.05, 4.69) is 111 Å². The van der Waals surface area contributed by atoms with Gasteiger partial charge in [-0.25, -0.2) is 4.68 Å². The van der Waals surface area contributed by atoms with Crippen molar-refractivity contribution in [2.45, 2.75) is 19.0 Å². The van der Waals surface area contributed by atoms with Gasteiger partial charge in [0.05, 0.1) is 26.2 Å². The summed E-state index contributed by atoms with van der Waals surface area (Å²) in [6.45, 7) is 4.90. The van der Waals surface area contributed by atoms with Gasteiger partial charge in [0, 0.05) is 17.8 Å². The minimum atomic E-state index is 0.125. The van der Waals surface area contributed by atoms with Crippen molar-refractivity contribution in [3.63, 3.8) is 0 Å². The standard InChI is InChI=1S/C26H28N6/c1-4-10-22(11-5-1)16-17-32-26(27-28-29-32)25(23-12-6-2-7-13-23)31-20-18-30(19-21-31)24-14-8-3-9-15-24/h1-15,25H,16-21H2/p+1/t25-/m1/s1. The first-order valence-electron chi connectivity index (χ1n) is 11.4. The smallest absolute Gasteiger partial charge is 0.214 e. The molecule has 162 valence electrons. The van der Waals surface area contributed by atoms with Crippen LogP contribution in [0.5, 0.6) is 0 Å². The summed E-state index contributed by atoms with van der Waals surface area (Å²) in [4.78, 5) is 3.99. The predicted octanol–water partition coefficient (Wildman–Crippen LogP) is 2.41. The lowest BCUT2D eigenvalue weighted by molar-refractivity contribution is -0.927. The Labute approximate surface area is 189 Å². The number of nitrogens with zero attached hydrogens (tertiary/aromatic N) is 5. The van der Waals surface area contributed by atoms with Crippen LogP contribution in [0.1, 0.15) is 23.0 Å². The quantitative estimate of drug-likeness (QED) is 0.494. The molecule has 0 saturated carbocycles. The normalized spacial score (nSPS) is 15.6. The van der Waals surface area contributed by atoms with Gasteiger partial charge in [0.1, 0.15) is 0 Å². The molecule has 3 aromatic carbocycles. The van der Waals surface area contributed by atoms with Crippen LogP contribution < -0.4 is 9.80 Å². The average Bonchev–Trinajstić information content (AvgIpc) is 3.33. The van der Waals surface area contributed by atoms with Gasteiger partial charge in [0.15, 0.2) is 6.04 Å². The van der Waals surface area contributed by atoms with E-state index >= 15 is 0 Å². The van der Waals surface area contributed by atoms with Crippen molar-refractivity contribution in [2.75, 3.05) is 31.1 Å². The first-order valence-corrected chi connectivity index (χ1v) is 11.4. The van der Waals surface area contributed by atoms with Gasteiger partial charge in [-0.1, -0.05) is 78.9 Å². The molecule has 0 radical (unpaired) electrons. The predicted molar refractivity (Wildman–Crippen MR) is 126 cm³/mol. The van der Waals surface area contributed by atoms with E-state index in [-0.39, 0.29) is 6.04 Å². The van der Waals surface area contributed by atoms with Gasteiger partial charge in [-0.05, 0) is 34.5 Å². The van der Waals surface area contributed by atoms with Crippen LogP contribution in [0.25, 0.3) is 0 Å². The third-order valence-corrected chi connectivity index (χ3v) is 6.34. The number of rotatable bonds is 7. The van der Waals surface area contributed by atoms with E-state index in [4.69, 9.17) is 0 Å². The maximum absolute atomic E-state index is 4.52. The fourth-order valence-electron chi connectivity index (χ4n) is 4.65. The maximum atomic E-state index is 4.52. The van der Waals surface area contributed by atoms with Crippen LogP contribution in [0, 0.1) is 0 Å². The highest BCUT2D eigenvalue weighted by Crippen LogP contribution is 2.19. The van der Waals surface area contributed by atoms with E-state index in [9.17, 15) is 0 Å². The van der Waals surface area contributed by atoms with Crippen molar-refractivity contribution >= 4 is 5.69 Å². The zero-order valence-corrected chi connectivity index (χ0v) is 18.2. The Balaban J connectivity index is 1.37. The zero-order valence-electron chi connectivity index (χ0n) is 18.2. The molecule has 6 heteroatoms. The second kappa shape index (κ2) is 9.75. The molecule has 1 N–H and O–H groups in total. The number of aryl methyl sites for hydroxylation is 2. The molecule has 4 aromatic rings. The van der Waals surface area contributed by atoms with Crippen LogP contribution in [0.4, 0.5) is 5.69 Å². The van der Waals surface area contributed by atoms with Crippen LogP contribution in [0.2, 0.25) is 0 Å². The molecule has 1 aliphatic rings. The third kappa shape index (κ3) is 4.55. The Hall–Kier alpha value is -3.51. The number of nitrogens with one attached hydrogen (secondary N) is 1. The molecular formula is C26H29N6+. The van der Waals surface area contributed by atoms with Gasteiger partial charge < -0.3 is 9.80 Å². The molecule has 0 spiro atoms. The molecule has 0 aliphatic carbocycles. The summed E-state index contributed by atoms with van der Waals surface area (Å²) in [6, 6.07) is 32.1. The number of quaternary nitrogens is 1. The van der Waals surface area contributed by atoms with Gasteiger partial charge in [0.2, 0.25) is 5.82 Å². The number of benzene rings is 3. The molecule has 5 rings (SSSR count). The van der Waals surface area contributed by atoms with E-state index in [0.29, 0.717) is 0 Å². The van der Waals surface area contributed by atoms with Crippen LogP contribution >= 0.6 is 0 Å². The van der Waals surface area contributed by atoms with Gasteiger partial charge in [0.25, 0.3) is 0 Å². The lowest BCUT2D eigenvalue weighted by Crippen LogP contribution is -3.15. The van der Waals surface area contributed by atoms with Crippen molar-refractivity contribution in [1.29, 1.82) is 0 Å². The molecule has 1 atom stereocenters. The fraction of sp³-hybridized carbons (Fsp3) is 0.269.